The quantitative estimate of drug-likeness (QED) is 0.0343. The Morgan fingerprint density at radius 2 is 0.471 bits per heavy atom. The number of carbonyl (C=O) groups excluding carboxylic acids is 3. The minimum atomic E-state index is -0.762. The van der Waals surface area contributed by atoms with Gasteiger partial charge in [-0.05, 0) is 25.2 Å². The van der Waals surface area contributed by atoms with E-state index in [1.165, 1.54) is 263 Å². The zero-order valence-electron chi connectivity index (χ0n) is 48.0. The van der Waals surface area contributed by atoms with Crippen LogP contribution in [0.5, 0.6) is 0 Å². The number of hydrogen-bond acceptors (Lipinski definition) is 6. The lowest BCUT2D eigenvalue weighted by Gasteiger charge is -2.18. The number of hydrogen-bond donors (Lipinski definition) is 0. The van der Waals surface area contributed by atoms with Crippen molar-refractivity contribution in [3.63, 3.8) is 0 Å². The standard InChI is InChI=1S/C64H124O6/c1-5-7-9-11-13-15-17-19-20-21-25-28-32-36-40-44-48-52-56-63(66)69-59-61(58-68-62(65)55-51-47-43-39-35-30-18-16-14-12-10-8-6-2)70-64(67)57-53-49-45-41-37-33-29-26-23-22-24-27-31-34-38-42-46-50-54-60(3)4/h60-61H,5-59H2,1-4H3/t61-/m1/s1. The van der Waals surface area contributed by atoms with Gasteiger partial charge in [-0.1, -0.05) is 329 Å². The fourth-order valence-electron chi connectivity index (χ4n) is 9.99. The maximum atomic E-state index is 12.9. The van der Waals surface area contributed by atoms with E-state index in [9.17, 15) is 14.4 Å². The molecule has 0 saturated carbocycles. The summed E-state index contributed by atoms with van der Waals surface area (Å²) in [5.41, 5.74) is 0. The van der Waals surface area contributed by atoms with Gasteiger partial charge in [-0.15, -0.1) is 0 Å². The highest BCUT2D eigenvalue weighted by atomic mass is 16.6. The molecule has 0 aromatic carbocycles. The van der Waals surface area contributed by atoms with Gasteiger partial charge in [0.2, 0.25) is 0 Å². The lowest BCUT2D eigenvalue weighted by atomic mass is 10.0. The van der Waals surface area contributed by atoms with Crippen LogP contribution in [0.3, 0.4) is 0 Å². The molecular formula is C64H124O6. The Balaban J connectivity index is 4.25. The van der Waals surface area contributed by atoms with E-state index >= 15 is 0 Å². The monoisotopic (exact) mass is 989 g/mol. The van der Waals surface area contributed by atoms with Gasteiger partial charge < -0.3 is 14.2 Å². The first-order valence-corrected chi connectivity index (χ1v) is 31.9. The van der Waals surface area contributed by atoms with Crippen molar-refractivity contribution in [3.8, 4) is 0 Å². The average molecular weight is 990 g/mol. The van der Waals surface area contributed by atoms with E-state index < -0.39 is 6.10 Å². The third-order valence-electron chi connectivity index (χ3n) is 14.8. The Hall–Kier alpha value is -1.59. The molecule has 0 aliphatic rings. The Bertz CT molecular complexity index is 1060. The lowest BCUT2D eigenvalue weighted by Crippen LogP contribution is -2.30. The van der Waals surface area contributed by atoms with Crippen LogP contribution >= 0.6 is 0 Å². The highest BCUT2D eigenvalue weighted by Crippen LogP contribution is 2.19. The Kier molecular flexibility index (Phi) is 57.0. The summed E-state index contributed by atoms with van der Waals surface area (Å²) in [6, 6.07) is 0. The second-order valence-corrected chi connectivity index (χ2v) is 22.5. The predicted octanol–water partition coefficient (Wildman–Crippen LogP) is 21.4. The molecule has 0 fully saturated rings. The number of rotatable bonds is 59. The molecule has 0 rings (SSSR count). The zero-order chi connectivity index (χ0) is 50.9. The normalized spacial score (nSPS) is 12.0. The van der Waals surface area contributed by atoms with Crippen molar-refractivity contribution >= 4 is 17.9 Å². The summed E-state index contributed by atoms with van der Waals surface area (Å²) in [7, 11) is 0. The van der Waals surface area contributed by atoms with Crippen LogP contribution in [0.15, 0.2) is 0 Å². The van der Waals surface area contributed by atoms with Gasteiger partial charge in [-0.3, -0.25) is 14.4 Å². The van der Waals surface area contributed by atoms with Gasteiger partial charge in [0.15, 0.2) is 6.10 Å². The summed E-state index contributed by atoms with van der Waals surface area (Å²) in [5, 5.41) is 0. The summed E-state index contributed by atoms with van der Waals surface area (Å²) in [5.74, 6) is 0.0304. The molecule has 0 bridgehead atoms. The number of esters is 3. The van der Waals surface area contributed by atoms with E-state index in [-0.39, 0.29) is 31.1 Å². The van der Waals surface area contributed by atoms with E-state index in [4.69, 9.17) is 14.2 Å². The largest absolute Gasteiger partial charge is 0.462 e. The van der Waals surface area contributed by atoms with Crippen molar-refractivity contribution < 1.29 is 28.6 Å². The van der Waals surface area contributed by atoms with E-state index in [1.54, 1.807) is 0 Å². The summed E-state index contributed by atoms with van der Waals surface area (Å²) < 4.78 is 16.9. The van der Waals surface area contributed by atoms with E-state index in [1.807, 2.05) is 0 Å². The fraction of sp³-hybridized carbons (Fsp3) is 0.953. The summed E-state index contributed by atoms with van der Waals surface area (Å²) in [6.07, 6.45) is 65.3. The fourth-order valence-corrected chi connectivity index (χ4v) is 9.99. The molecule has 1 atom stereocenters. The molecule has 0 amide bonds. The Morgan fingerprint density at radius 3 is 0.700 bits per heavy atom. The minimum absolute atomic E-state index is 0.0611. The third-order valence-corrected chi connectivity index (χ3v) is 14.8. The van der Waals surface area contributed by atoms with Crippen molar-refractivity contribution in [1.29, 1.82) is 0 Å². The average Bonchev–Trinajstić information content (AvgIpc) is 3.35. The van der Waals surface area contributed by atoms with E-state index in [0.29, 0.717) is 19.3 Å². The molecule has 0 heterocycles. The second-order valence-electron chi connectivity index (χ2n) is 22.5. The minimum Gasteiger partial charge on any atom is -0.462 e. The van der Waals surface area contributed by atoms with E-state index in [2.05, 4.69) is 27.7 Å². The van der Waals surface area contributed by atoms with Gasteiger partial charge in [-0.25, -0.2) is 0 Å². The van der Waals surface area contributed by atoms with Crippen LogP contribution in [0.4, 0.5) is 0 Å². The molecular weight excluding hydrogens is 865 g/mol. The molecule has 0 aromatic rings. The molecule has 70 heavy (non-hydrogen) atoms. The van der Waals surface area contributed by atoms with Crippen LogP contribution < -0.4 is 0 Å². The van der Waals surface area contributed by atoms with Gasteiger partial charge in [0.05, 0.1) is 0 Å². The van der Waals surface area contributed by atoms with Gasteiger partial charge >= 0.3 is 17.9 Å². The van der Waals surface area contributed by atoms with Gasteiger partial charge in [-0.2, -0.15) is 0 Å². The van der Waals surface area contributed by atoms with Crippen LogP contribution in [0.1, 0.15) is 368 Å². The zero-order valence-corrected chi connectivity index (χ0v) is 48.0. The molecule has 6 nitrogen and oxygen atoms in total. The highest BCUT2D eigenvalue weighted by Gasteiger charge is 2.19. The molecule has 0 spiro atoms. The number of ether oxygens (including phenoxy) is 3. The van der Waals surface area contributed by atoms with E-state index in [0.717, 1.165) is 63.7 Å². The van der Waals surface area contributed by atoms with Crippen LogP contribution in [0, 0.1) is 5.92 Å². The molecule has 0 radical (unpaired) electrons. The van der Waals surface area contributed by atoms with Crippen LogP contribution in [-0.4, -0.2) is 37.2 Å². The lowest BCUT2D eigenvalue weighted by molar-refractivity contribution is -0.167. The van der Waals surface area contributed by atoms with Crippen molar-refractivity contribution in [2.24, 2.45) is 5.92 Å². The summed E-state index contributed by atoms with van der Waals surface area (Å²) in [4.78, 5) is 38.3. The molecule has 0 N–H and O–H groups in total. The summed E-state index contributed by atoms with van der Waals surface area (Å²) >= 11 is 0. The first-order chi connectivity index (χ1) is 34.4. The molecule has 0 unspecified atom stereocenters. The third kappa shape index (κ3) is 57.3. The number of unbranched alkanes of at least 4 members (excludes halogenated alkanes) is 46. The smallest absolute Gasteiger partial charge is 0.306 e. The van der Waals surface area contributed by atoms with Gasteiger partial charge in [0, 0.05) is 19.3 Å². The van der Waals surface area contributed by atoms with Crippen LogP contribution in [0.2, 0.25) is 0 Å². The first kappa shape index (κ1) is 68.4. The molecule has 416 valence electrons. The van der Waals surface area contributed by atoms with Gasteiger partial charge in [0.1, 0.15) is 13.2 Å². The maximum Gasteiger partial charge on any atom is 0.306 e. The molecule has 0 aliphatic heterocycles. The van der Waals surface area contributed by atoms with Crippen molar-refractivity contribution in [2.75, 3.05) is 13.2 Å². The summed E-state index contributed by atoms with van der Waals surface area (Å²) in [6.45, 7) is 9.10. The second kappa shape index (κ2) is 58.3. The van der Waals surface area contributed by atoms with Crippen LogP contribution in [-0.2, 0) is 28.6 Å². The van der Waals surface area contributed by atoms with Crippen molar-refractivity contribution in [2.45, 2.75) is 374 Å². The Morgan fingerprint density at radius 1 is 0.271 bits per heavy atom. The van der Waals surface area contributed by atoms with Crippen molar-refractivity contribution in [3.05, 3.63) is 0 Å². The highest BCUT2D eigenvalue weighted by molar-refractivity contribution is 5.71. The topological polar surface area (TPSA) is 78.9 Å². The Labute approximate surface area is 438 Å². The first-order valence-electron chi connectivity index (χ1n) is 31.9. The molecule has 0 aromatic heterocycles. The van der Waals surface area contributed by atoms with Crippen molar-refractivity contribution in [1.82, 2.24) is 0 Å². The predicted molar refractivity (Wildman–Crippen MR) is 303 cm³/mol. The SMILES string of the molecule is CCCCCCCCCCCCCCCCCCCCC(=O)OC[C@@H](COC(=O)CCCCCCCCCCCCCCC)OC(=O)CCCCCCCCCCCCCCCCCCCCC(C)C. The maximum absolute atomic E-state index is 12.9. The number of carbonyl (C=O) groups is 3. The van der Waals surface area contributed by atoms with Crippen LogP contribution in [0.25, 0.3) is 0 Å². The molecule has 6 heteroatoms. The molecule has 0 saturated heterocycles. The van der Waals surface area contributed by atoms with Gasteiger partial charge in [0.25, 0.3) is 0 Å². The molecule has 0 aliphatic carbocycles.